The molecule has 2 atom stereocenters. The molecule has 0 bridgehead atoms. The summed E-state index contributed by atoms with van der Waals surface area (Å²) < 4.78 is 1.82. The molecule has 1 aliphatic rings. The molecule has 27 heavy (non-hydrogen) atoms. The van der Waals surface area contributed by atoms with Crippen LogP contribution in [0.2, 0.25) is 0 Å². The highest BCUT2D eigenvalue weighted by molar-refractivity contribution is 6.05. The number of carbonyl (C=O) groups excluding carboxylic acids is 1. The summed E-state index contributed by atoms with van der Waals surface area (Å²) in [6, 6.07) is 9.31. The SMILES string of the molecule is CC(C)n1ncc2cc(C(=O)Nc3ccc([C@@H]4C[C@H]4C(=O)O)cc3)cnc21. The zero-order valence-corrected chi connectivity index (χ0v) is 15.1. The van der Waals surface area contributed by atoms with Crippen LogP contribution in [-0.4, -0.2) is 31.7 Å². The zero-order chi connectivity index (χ0) is 19.1. The Morgan fingerprint density at radius 3 is 2.59 bits per heavy atom. The van der Waals surface area contributed by atoms with E-state index in [0.717, 1.165) is 16.6 Å². The minimum Gasteiger partial charge on any atom is -0.481 e. The van der Waals surface area contributed by atoms with Gasteiger partial charge in [-0.2, -0.15) is 5.10 Å². The normalized spacial score (nSPS) is 18.6. The molecule has 0 radical (unpaired) electrons. The van der Waals surface area contributed by atoms with E-state index in [-0.39, 0.29) is 23.8 Å². The summed E-state index contributed by atoms with van der Waals surface area (Å²) in [6.45, 7) is 4.05. The van der Waals surface area contributed by atoms with Crippen molar-refractivity contribution < 1.29 is 14.7 Å². The van der Waals surface area contributed by atoms with Gasteiger partial charge in [-0.3, -0.25) is 9.59 Å². The van der Waals surface area contributed by atoms with E-state index in [4.69, 9.17) is 5.11 Å². The van der Waals surface area contributed by atoms with Crippen molar-refractivity contribution in [3.63, 3.8) is 0 Å². The summed E-state index contributed by atoms with van der Waals surface area (Å²) >= 11 is 0. The number of hydrogen-bond acceptors (Lipinski definition) is 4. The average molecular weight is 364 g/mol. The lowest BCUT2D eigenvalue weighted by molar-refractivity contribution is -0.138. The maximum atomic E-state index is 12.5. The second kappa shape index (κ2) is 6.50. The van der Waals surface area contributed by atoms with Crippen molar-refractivity contribution >= 4 is 28.6 Å². The first-order chi connectivity index (χ1) is 12.9. The van der Waals surface area contributed by atoms with Gasteiger partial charge in [0.2, 0.25) is 0 Å². The van der Waals surface area contributed by atoms with Gasteiger partial charge in [0.1, 0.15) is 0 Å². The lowest BCUT2D eigenvalue weighted by Gasteiger charge is -2.08. The topological polar surface area (TPSA) is 97.1 Å². The van der Waals surface area contributed by atoms with Gasteiger partial charge in [-0.05, 0) is 49.9 Å². The van der Waals surface area contributed by atoms with Crippen molar-refractivity contribution in [2.75, 3.05) is 5.32 Å². The summed E-state index contributed by atoms with van der Waals surface area (Å²) in [5.41, 5.74) is 2.87. The van der Waals surface area contributed by atoms with Crippen LogP contribution in [0.4, 0.5) is 5.69 Å². The lowest BCUT2D eigenvalue weighted by atomic mass is 10.1. The molecule has 138 valence electrons. The van der Waals surface area contributed by atoms with Gasteiger partial charge in [0, 0.05) is 23.3 Å². The van der Waals surface area contributed by atoms with Gasteiger partial charge in [0.05, 0.1) is 17.7 Å². The summed E-state index contributed by atoms with van der Waals surface area (Å²) in [4.78, 5) is 27.9. The van der Waals surface area contributed by atoms with Crippen LogP contribution in [-0.2, 0) is 4.79 Å². The third-order valence-corrected chi connectivity index (χ3v) is 4.89. The van der Waals surface area contributed by atoms with Crippen molar-refractivity contribution in [2.24, 2.45) is 5.92 Å². The Bertz CT molecular complexity index is 1020. The highest BCUT2D eigenvalue weighted by Gasteiger charge is 2.43. The number of fused-ring (bicyclic) bond motifs is 1. The predicted octanol–water partition coefficient (Wildman–Crippen LogP) is 3.45. The van der Waals surface area contributed by atoms with Crippen molar-refractivity contribution in [1.29, 1.82) is 0 Å². The standard InChI is InChI=1S/C20H20N4O3/c1-11(2)24-18-13(10-22-24)7-14(9-21-18)19(25)23-15-5-3-12(4-6-15)16-8-17(16)20(26)27/h3-7,9-11,16-17H,8H2,1-2H3,(H,23,25)(H,26,27)/t16-,17+/m0/s1. The molecule has 1 aromatic carbocycles. The Kier molecular flexibility index (Phi) is 4.14. The van der Waals surface area contributed by atoms with Crippen LogP contribution < -0.4 is 5.32 Å². The highest BCUT2D eigenvalue weighted by atomic mass is 16.4. The number of carboxylic acids is 1. The van der Waals surface area contributed by atoms with Crippen molar-refractivity contribution in [3.05, 3.63) is 53.9 Å². The summed E-state index contributed by atoms with van der Waals surface area (Å²) in [5, 5.41) is 17.0. The monoisotopic (exact) mass is 364 g/mol. The van der Waals surface area contributed by atoms with Gasteiger partial charge < -0.3 is 10.4 Å². The maximum Gasteiger partial charge on any atom is 0.307 e. The molecule has 2 aromatic heterocycles. The molecule has 2 N–H and O–H groups in total. The first-order valence-corrected chi connectivity index (χ1v) is 8.91. The number of nitrogens with zero attached hydrogens (tertiary/aromatic N) is 3. The van der Waals surface area contributed by atoms with Gasteiger partial charge >= 0.3 is 5.97 Å². The molecule has 0 unspecified atom stereocenters. The van der Waals surface area contributed by atoms with Gasteiger partial charge in [0.25, 0.3) is 5.91 Å². The fraction of sp³-hybridized carbons (Fsp3) is 0.300. The number of carbonyl (C=O) groups is 2. The minimum absolute atomic E-state index is 0.0800. The van der Waals surface area contributed by atoms with Crippen LogP contribution in [0.3, 0.4) is 0 Å². The molecular formula is C20H20N4O3. The summed E-state index contributed by atoms with van der Waals surface area (Å²) in [7, 11) is 0. The number of pyridine rings is 1. The number of benzene rings is 1. The molecule has 1 saturated carbocycles. The molecule has 7 nitrogen and oxygen atoms in total. The van der Waals surface area contributed by atoms with E-state index in [9.17, 15) is 9.59 Å². The van der Waals surface area contributed by atoms with Crippen LogP contribution in [0.15, 0.2) is 42.7 Å². The van der Waals surface area contributed by atoms with Crippen LogP contribution in [0.1, 0.15) is 48.1 Å². The van der Waals surface area contributed by atoms with Gasteiger partial charge in [-0.1, -0.05) is 12.1 Å². The van der Waals surface area contributed by atoms with E-state index in [1.54, 1.807) is 30.6 Å². The maximum absolute atomic E-state index is 12.5. The predicted molar refractivity (Wildman–Crippen MR) is 101 cm³/mol. The number of nitrogens with one attached hydrogen (secondary N) is 1. The van der Waals surface area contributed by atoms with E-state index in [2.05, 4.69) is 15.4 Å². The van der Waals surface area contributed by atoms with Gasteiger partial charge in [0.15, 0.2) is 5.65 Å². The quantitative estimate of drug-likeness (QED) is 0.723. The van der Waals surface area contributed by atoms with Crippen LogP contribution >= 0.6 is 0 Å². The largest absolute Gasteiger partial charge is 0.481 e. The number of anilines is 1. The molecule has 0 aliphatic heterocycles. The average Bonchev–Trinajstić information content (AvgIpc) is 3.34. The van der Waals surface area contributed by atoms with Crippen molar-refractivity contribution in [2.45, 2.75) is 32.2 Å². The fourth-order valence-electron chi connectivity index (χ4n) is 3.30. The zero-order valence-electron chi connectivity index (χ0n) is 15.1. The number of aromatic nitrogens is 3. The second-order valence-electron chi connectivity index (χ2n) is 7.18. The first kappa shape index (κ1) is 17.2. The summed E-state index contributed by atoms with van der Waals surface area (Å²) in [6.07, 6.45) is 3.94. The number of hydrogen-bond donors (Lipinski definition) is 2. The van der Waals surface area contributed by atoms with Gasteiger partial charge in [-0.15, -0.1) is 0 Å². The third-order valence-electron chi connectivity index (χ3n) is 4.89. The molecule has 0 spiro atoms. The van der Waals surface area contributed by atoms with E-state index in [1.807, 2.05) is 30.7 Å². The van der Waals surface area contributed by atoms with E-state index in [1.165, 1.54) is 0 Å². The highest BCUT2D eigenvalue weighted by Crippen LogP contribution is 2.47. The van der Waals surface area contributed by atoms with Crippen molar-refractivity contribution in [3.8, 4) is 0 Å². The van der Waals surface area contributed by atoms with Crippen LogP contribution in [0, 0.1) is 5.92 Å². The Balaban J connectivity index is 1.47. The number of carboxylic acid groups (broad SMARTS) is 1. The molecule has 1 aliphatic carbocycles. The van der Waals surface area contributed by atoms with Crippen LogP contribution in [0.5, 0.6) is 0 Å². The molecule has 0 saturated heterocycles. The van der Waals surface area contributed by atoms with E-state index in [0.29, 0.717) is 17.7 Å². The smallest absolute Gasteiger partial charge is 0.307 e. The lowest BCUT2D eigenvalue weighted by Crippen LogP contribution is -2.12. The molecule has 7 heteroatoms. The molecule has 4 rings (SSSR count). The van der Waals surface area contributed by atoms with E-state index >= 15 is 0 Å². The molecule has 1 fully saturated rings. The summed E-state index contributed by atoms with van der Waals surface area (Å²) in [5.74, 6) is -1.20. The molecule has 1 amide bonds. The Hall–Kier alpha value is -3.22. The number of rotatable bonds is 5. The number of aliphatic carboxylic acids is 1. The number of amides is 1. The van der Waals surface area contributed by atoms with E-state index < -0.39 is 5.97 Å². The second-order valence-corrected chi connectivity index (χ2v) is 7.18. The van der Waals surface area contributed by atoms with Crippen molar-refractivity contribution in [1.82, 2.24) is 14.8 Å². The fourth-order valence-corrected chi connectivity index (χ4v) is 3.30. The van der Waals surface area contributed by atoms with Crippen LogP contribution in [0.25, 0.3) is 11.0 Å². The first-order valence-electron chi connectivity index (χ1n) is 8.91. The Morgan fingerprint density at radius 1 is 1.22 bits per heavy atom. The third kappa shape index (κ3) is 3.28. The minimum atomic E-state index is -0.749. The molecule has 3 aromatic rings. The van der Waals surface area contributed by atoms with Gasteiger partial charge in [-0.25, -0.2) is 9.67 Å². The molecule has 2 heterocycles. The molecular weight excluding hydrogens is 344 g/mol. The Morgan fingerprint density at radius 2 is 1.96 bits per heavy atom. The Labute approximate surface area is 156 Å².